The molecule has 2 saturated heterocycles. The standard InChI is InChI=1S/C35H58O10/c1-30(2)22(38)9-10-35-16-34(35)12-11-32(5)24(18-7-8-23(43-18)31(3,4)42)17(37)14-33(32,6)21(34)13-19(28(30)35)44-29-27(41)26(40)25(39)20(15-36)45-29/h17-29,36-42H,7-16H2,1-6H3/t17-,18?,19-,20+,21?,22-,23-,24?,25+,26-,27+,28?,29+,32+,33-,34?,35?/m0/s1. The molecular weight excluding hydrogens is 580 g/mol. The molecule has 5 saturated carbocycles. The fourth-order valence-corrected chi connectivity index (χ4v) is 13.1. The number of hydrogen-bond donors (Lipinski definition) is 7. The van der Waals surface area contributed by atoms with Crippen LogP contribution in [0.3, 0.4) is 0 Å². The lowest BCUT2D eigenvalue weighted by Crippen LogP contribution is -2.64. The maximum Gasteiger partial charge on any atom is 0.186 e. The summed E-state index contributed by atoms with van der Waals surface area (Å²) >= 11 is 0. The van der Waals surface area contributed by atoms with E-state index in [1.54, 1.807) is 13.8 Å². The van der Waals surface area contributed by atoms with Crippen molar-refractivity contribution in [3.05, 3.63) is 0 Å². The summed E-state index contributed by atoms with van der Waals surface area (Å²) in [5.74, 6) is 0.152. The van der Waals surface area contributed by atoms with Gasteiger partial charge in [-0.25, -0.2) is 0 Å². The van der Waals surface area contributed by atoms with Crippen LogP contribution in [0.25, 0.3) is 0 Å². The van der Waals surface area contributed by atoms with Crippen LogP contribution < -0.4 is 0 Å². The van der Waals surface area contributed by atoms with Gasteiger partial charge >= 0.3 is 0 Å². The van der Waals surface area contributed by atoms with Crippen molar-refractivity contribution in [2.24, 2.45) is 44.8 Å². The Kier molecular flexibility index (Phi) is 7.59. The van der Waals surface area contributed by atoms with Crippen molar-refractivity contribution < 1.29 is 50.0 Å². The molecule has 10 nitrogen and oxygen atoms in total. The third-order valence-electron chi connectivity index (χ3n) is 15.5. The molecule has 0 aromatic heterocycles. The molecule has 10 heteroatoms. The summed E-state index contributed by atoms with van der Waals surface area (Å²) in [4.78, 5) is 0. The smallest absolute Gasteiger partial charge is 0.186 e. The van der Waals surface area contributed by atoms with Crippen LogP contribution in [0, 0.1) is 44.8 Å². The molecule has 7 aliphatic rings. The summed E-state index contributed by atoms with van der Waals surface area (Å²) in [5, 5.41) is 75.8. The Hall–Kier alpha value is -0.400. The first kappa shape index (κ1) is 33.1. The van der Waals surface area contributed by atoms with Gasteiger partial charge in [-0.2, -0.15) is 0 Å². The average Bonchev–Trinajstić information content (AvgIpc) is 3.21. The molecular formula is C35H58O10. The van der Waals surface area contributed by atoms with Gasteiger partial charge in [-0.05, 0) is 111 Å². The molecule has 7 N–H and O–H groups in total. The maximum absolute atomic E-state index is 11.9. The Labute approximate surface area is 267 Å². The van der Waals surface area contributed by atoms with Crippen molar-refractivity contribution in [1.29, 1.82) is 0 Å². The first-order chi connectivity index (χ1) is 20.9. The van der Waals surface area contributed by atoms with Gasteiger partial charge in [0, 0.05) is 5.92 Å². The molecule has 6 unspecified atom stereocenters. The zero-order valence-corrected chi connectivity index (χ0v) is 27.9. The zero-order valence-electron chi connectivity index (χ0n) is 27.9. The minimum absolute atomic E-state index is 0.0156. The fourth-order valence-electron chi connectivity index (χ4n) is 13.1. The Balaban J connectivity index is 1.24. The molecule has 258 valence electrons. The first-order valence-electron chi connectivity index (χ1n) is 17.6. The quantitative estimate of drug-likeness (QED) is 0.221. The lowest BCUT2D eigenvalue weighted by atomic mass is 9.41. The van der Waals surface area contributed by atoms with E-state index < -0.39 is 66.6 Å². The molecule has 7 rings (SSSR count). The highest BCUT2D eigenvalue weighted by Gasteiger charge is 2.84. The molecule has 0 amide bonds. The lowest BCUT2D eigenvalue weighted by Gasteiger charge is -2.64. The van der Waals surface area contributed by atoms with Gasteiger partial charge in [-0.15, -0.1) is 0 Å². The normalized spacial score (nSPS) is 58.7. The summed E-state index contributed by atoms with van der Waals surface area (Å²) in [5.41, 5.74) is -1.81. The fraction of sp³-hybridized carbons (Fsp3) is 1.00. The highest BCUT2D eigenvalue weighted by molar-refractivity contribution is 5.33. The Bertz CT molecular complexity index is 1160. The van der Waals surface area contributed by atoms with E-state index in [0.717, 1.165) is 44.9 Å². The maximum atomic E-state index is 11.9. The third kappa shape index (κ3) is 4.29. The van der Waals surface area contributed by atoms with E-state index in [0.29, 0.717) is 12.8 Å². The summed E-state index contributed by atoms with van der Waals surface area (Å²) in [6.45, 7) is 12.0. The van der Waals surface area contributed by atoms with Crippen LogP contribution >= 0.6 is 0 Å². The van der Waals surface area contributed by atoms with E-state index in [2.05, 4.69) is 27.7 Å². The van der Waals surface area contributed by atoms with Crippen LogP contribution in [-0.4, -0.2) is 109 Å². The Morgan fingerprint density at radius 1 is 0.822 bits per heavy atom. The van der Waals surface area contributed by atoms with Gasteiger partial charge in [0.2, 0.25) is 0 Å². The van der Waals surface area contributed by atoms with Crippen LogP contribution in [0.1, 0.15) is 99.3 Å². The monoisotopic (exact) mass is 638 g/mol. The molecule has 2 spiro atoms. The Morgan fingerprint density at radius 2 is 1.53 bits per heavy atom. The van der Waals surface area contributed by atoms with Crippen molar-refractivity contribution in [3.63, 3.8) is 0 Å². The van der Waals surface area contributed by atoms with Crippen LogP contribution in [0.15, 0.2) is 0 Å². The predicted octanol–water partition coefficient (Wildman–Crippen LogP) is 1.87. The van der Waals surface area contributed by atoms with Gasteiger partial charge in [0.1, 0.15) is 24.4 Å². The van der Waals surface area contributed by atoms with E-state index in [1.165, 1.54) is 0 Å². The van der Waals surface area contributed by atoms with Crippen LogP contribution in [-0.2, 0) is 14.2 Å². The van der Waals surface area contributed by atoms with Crippen molar-refractivity contribution in [2.75, 3.05) is 6.61 Å². The molecule has 0 bridgehead atoms. The van der Waals surface area contributed by atoms with Gasteiger partial charge in [-0.1, -0.05) is 27.7 Å². The highest BCUT2D eigenvalue weighted by Crippen LogP contribution is 2.89. The van der Waals surface area contributed by atoms with Crippen LogP contribution in [0.4, 0.5) is 0 Å². The number of aliphatic hydroxyl groups excluding tert-OH is 6. The molecule has 7 fully saturated rings. The van der Waals surface area contributed by atoms with Gasteiger partial charge in [0.15, 0.2) is 6.29 Å². The van der Waals surface area contributed by atoms with Crippen LogP contribution in [0.2, 0.25) is 0 Å². The molecule has 45 heavy (non-hydrogen) atoms. The number of rotatable bonds is 5. The van der Waals surface area contributed by atoms with Gasteiger partial charge < -0.3 is 50.0 Å². The average molecular weight is 639 g/mol. The summed E-state index contributed by atoms with van der Waals surface area (Å²) in [7, 11) is 0. The third-order valence-corrected chi connectivity index (χ3v) is 15.5. The van der Waals surface area contributed by atoms with E-state index in [4.69, 9.17) is 14.2 Å². The number of aliphatic hydroxyl groups is 7. The minimum atomic E-state index is -1.52. The van der Waals surface area contributed by atoms with Crippen molar-refractivity contribution in [1.82, 2.24) is 0 Å². The van der Waals surface area contributed by atoms with Crippen molar-refractivity contribution in [3.8, 4) is 0 Å². The second-order valence-electron chi connectivity index (χ2n) is 18.0. The number of ether oxygens (including phenoxy) is 3. The molecule has 0 aromatic carbocycles. The largest absolute Gasteiger partial charge is 0.394 e. The summed E-state index contributed by atoms with van der Waals surface area (Å²) in [6, 6.07) is 0. The molecule has 2 heterocycles. The SMILES string of the molecule is CC(C)(O)[C@@H]1CCC(C2[C@@H](O)C[C@@]3(C)C4C[C@H](O[C@@H]5O[C@H](CO)[C@@H](O)[C@H](O)[C@H]5O)C5C(C)(C)[C@@H](O)CCC56CC46CC[C@]23C)O1. The minimum Gasteiger partial charge on any atom is -0.394 e. The number of fused-ring (bicyclic) bond motifs is 2. The molecule has 17 atom stereocenters. The predicted molar refractivity (Wildman–Crippen MR) is 162 cm³/mol. The summed E-state index contributed by atoms with van der Waals surface area (Å²) < 4.78 is 19.2. The van der Waals surface area contributed by atoms with Crippen molar-refractivity contribution in [2.45, 2.75) is 166 Å². The summed E-state index contributed by atoms with van der Waals surface area (Å²) in [6.07, 6.45) is -0.970. The van der Waals surface area contributed by atoms with E-state index >= 15 is 0 Å². The zero-order chi connectivity index (χ0) is 32.7. The molecule has 2 aliphatic heterocycles. The second-order valence-corrected chi connectivity index (χ2v) is 18.0. The first-order valence-corrected chi connectivity index (χ1v) is 17.6. The second kappa shape index (κ2) is 10.3. The van der Waals surface area contributed by atoms with Crippen molar-refractivity contribution >= 4 is 0 Å². The molecule has 0 aromatic rings. The Morgan fingerprint density at radius 3 is 2.18 bits per heavy atom. The molecule has 5 aliphatic carbocycles. The highest BCUT2D eigenvalue weighted by atomic mass is 16.7. The van der Waals surface area contributed by atoms with E-state index in [9.17, 15) is 35.7 Å². The van der Waals surface area contributed by atoms with Gasteiger partial charge in [0.05, 0.1) is 42.7 Å². The van der Waals surface area contributed by atoms with Gasteiger partial charge in [-0.3, -0.25) is 0 Å². The number of hydrogen-bond acceptors (Lipinski definition) is 10. The molecule has 0 radical (unpaired) electrons. The van der Waals surface area contributed by atoms with E-state index in [-0.39, 0.29) is 51.6 Å². The van der Waals surface area contributed by atoms with Gasteiger partial charge in [0.25, 0.3) is 0 Å². The topological polar surface area (TPSA) is 169 Å². The van der Waals surface area contributed by atoms with Crippen LogP contribution in [0.5, 0.6) is 0 Å². The lowest BCUT2D eigenvalue weighted by molar-refractivity contribution is -0.331. The van der Waals surface area contributed by atoms with E-state index in [1.807, 2.05) is 0 Å².